The first-order valence-electron chi connectivity index (χ1n) is 10.8. The Morgan fingerprint density at radius 2 is 1.73 bits per heavy atom. The summed E-state index contributed by atoms with van der Waals surface area (Å²) in [5.41, 5.74) is 3.38. The van der Waals surface area contributed by atoms with Crippen molar-refractivity contribution in [2.24, 2.45) is 0 Å². The molecule has 1 unspecified atom stereocenters. The van der Waals surface area contributed by atoms with Crippen LogP contribution in [0.1, 0.15) is 13.3 Å². The summed E-state index contributed by atoms with van der Waals surface area (Å²) >= 11 is 6.45. The van der Waals surface area contributed by atoms with Gasteiger partial charge in [0, 0.05) is 39.8 Å². The number of hydrogen-bond acceptors (Lipinski definition) is 4. The third-order valence-corrected chi connectivity index (χ3v) is 5.78. The Morgan fingerprint density at radius 3 is 2.36 bits per heavy atom. The molecule has 4 rings (SSSR count). The van der Waals surface area contributed by atoms with Crippen molar-refractivity contribution in [3.63, 3.8) is 0 Å². The molecule has 33 heavy (non-hydrogen) atoms. The van der Waals surface area contributed by atoms with Gasteiger partial charge in [0.15, 0.2) is 6.23 Å². The van der Waals surface area contributed by atoms with Crippen molar-refractivity contribution >= 4 is 11.6 Å². The maximum atomic E-state index is 13.5. The normalized spacial score (nSPS) is 12.0. The van der Waals surface area contributed by atoms with Gasteiger partial charge in [0.2, 0.25) is 0 Å². The van der Waals surface area contributed by atoms with Crippen molar-refractivity contribution in [2.75, 3.05) is 14.1 Å². The second-order valence-electron chi connectivity index (χ2n) is 7.95. The lowest BCUT2D eigenvalue weighted by Crippen LogP contribution is -2.32. The molecule has 5 nitrogen and oxygen atoms in total. The van der Waals surface area contributed by atoms with E-state index in [0.29, 0.717) is 16.1 Å². The van der Waals surface area contributed by atoms with E-state index in [-0.39, 0.29) is 11.8 Å². The minimum absolute atomic E-state index is 0.0159. The topological polar surface area (TPSA) is 47.4 Å². The van der Waals surface area contributed by atoms with Crippen molar-refractivity contribution < 1.29 is 4.74 Å². The summed E-state index contributed by atoms with van der Waals surface area (Å²) in [4.78, 5) is 20.1. The SMILES string of the molecule is CCC(Oc1ccc(-n2cc(-c3ccccn3)cc(-c3ccccc3Cl)c2=O)cc1)N(C)C. The fraction of sp³-hybridized carbons (Fsp3) is 0.185. The van der Waals surface area contributed by atoms with Crippen molar-refractivity contribution in [1.29, 1.82) is 0 Å². The van der Waals surface area contributed by atoms with Crippen molar-refractivity contribution in [2.45, 2.75) is 19.6 Å². The largest absolute Gasteiger partial charge is 0.475 e. The highest BCUT2D eigenvalue weighted by Crippen LogP contribution is 2.29. The van der Waals surface area contributed by atoms with Gasteiger partial charge < -0.3 is 4.74 Å². The van der Waals surface area contributed by atoms with E-state index >= 15 is 0 Å². The van der Waals surface area contributed by atoms with Crippen LogP contribution in [0, 0.1) is 0 Å². The molecule has 0 N–H and O–H groups in total. The second kappa shape index (κ2) is 10.0. The van der Waals surface area contributed by atoms with Gasteiger partial charge in [-0.1, -0.05) is 42.8 Å². The summed E-state index contributed by atoms with van der Waals surface area (Å²) in [7, 11) is 3.98. The molecular formula is C27H26ClN3O2. The van der Waals surface area contributed by atoms with Crippen LogP contribution in [0.3, 0.4) is 0 Å². The lowest BCUT2D eigenvalue weighted by Gasteiger charge is -2.24. The Morgan fingerprint density at radius 1 is 1.00 bits per heavy atom. The molecule has 168 valence electrons. The van der Waals surface area contributed by atoms with E-state index in [1.807, 2.05) is 91.9 Å². The summed E-state index contributed by atoms with van der Waals surface area (Å²) in [6.07, 6.45) is 4.40. The highest BCUT2D eigenvalue weighted by Gasteiger charge is 2.15. The van der Waals surface area contributed by atoms with Crippen molar-refractivity contribution in [1.82, 2.24) is 14.5 Å². The van der Waals surface area contributed by atoms with Crippen LogP contribution in [0.5, 0.6) is 5.75 Å². The predicted octanol–water partition coefficient (Wildman–Crippen LogP) is 5.90. The van der Waals surface area contributed by atoms with E-state index in [1.54, 1.807) is 16.8 Å². The molecule has 0 saturated carbocycles. The Hall–Kier alpha value is -3.41. The highest BCUT2D eigenvalue weighted by molar-refractivity contribution is 6.33. The van der Waals surface area contributed by atoms with Gasteiger partial charge in [-0.25, -0.2) is 0 Å². The molecule has 0 saturated heterocycles. The first kappa shape index (κ1) is 22.8. The smallest absolute Gasteiger partial charge is 0.263 e. The van der Waals surface area contributed by atoms with Crippen LogP contribution in [0.4, 0.5) is 0 Å². The van der Waals surface area contributed by atoms with Gasteiger partial charge in [0.1, 0.15) is 5.75 Å². The number of pyridine rings is 2. The third kappa shape index (κ3) is 5.00. The quantitative estimate of drug-likeness (QED) is 0.323. The summed E-state index contributed by atoms with van der Waals surface area (Å²) in [6.45, 7) is 2.08. The van der Waals surface area contributed by atoms with Crippen molar-refractivity contribution in [3.8, 4) is 33.8 Å². The van der Waals surface area contributed by atoms with Gasteiger partial charge in [-0.15, -0.1) is 0 Å². The zero-order chi connectivity index (χ0) is 23.4. The lowest BCUT2D eigenvalue weighted by atomic mass is 10.0. The highest BCUT2D eigenvalue weighted by atomic mass is 35.5. The number of benzene rings is 2. The van der Waals surface area contributed by atoms with Crippen LogP contribution in [-0.4, -0.2) is 34.8 Å². The van der Waals surface area contributed by atoms with Crippen LogP contribution in [0.25, 0.3) is 28.1 Å². The molecule has 0 bridgehead atoms. The standard InChI is InChI=1S/C27H26ClN3O2/c1-4-26(30(2)3)33-21-14-12-20(13-15-21)31-18-19(25-11-7-8-16-29-25)17-23(27(31)32)22-9-5-6-10-24(22)28/h5-18,26H,4H2,1-3H3. The van der Waals surface area contributed by atoms with E-state index in [9.17, 15) is 4.79 Å². The second-order valence-corrected chi connectivity index (χ2v) is 8.36. The molecule has 0 aliphatic rings. The molecule has 2 heterocycles. The molecule has 1 atom stereocenters. The molecular weight excluding hydrogens is 434 g/mol. The minimum Gasteiger partial charge on any atom is -0.475 e. The fourth-order valence-corrected chi connectivity index (χ4v) is 3.95. The Kier molecular flexibility index (Phi) is 6.92. The molecule has 6 heteroatoms. The fourth-order valence-electron chi connectivity index (χ4n) is 3.72. The minimum atomic E-state index is -0.156. The number of aromatic nitrogens is 2. The maximum absolute atomic E-state index is 13.5. The first-order chi connectivity index (χ1) is 16.0. The first-order valence-corrected chi connectivity index (χ1v) is 11.2. The molecule has 0 aliphatic heterocycles. The molecule has 2 aromatic carbocycles. The molecule has 0 spiro atoms. The van der Waals surface area contributed by atoms with E-state index in [0.717, 1.165) is 29.1 Å². The van der Waals surface area contributed by atoms with E-state index < -0.39 is 0 Å². The average Bonchev–Trinajstić information content (AvgIpc) is 2.84. The molecule has 0 amide bonds. The number of hydrogen-bond donors (Lipinski definition) is 0. The molecule has 4 aromatic rings. The molecule has 0 radical (unpaired) electrons. The van der Waals surface area contributed by atoms with Crippen LogP contribution >= 0.6 is 11.6 Å². The van der Waals surface area contributed by atoms with Crippen LogP contribution in [-0.2, 0) is 0 Å². The van der Waals surface area contributed by atoms with Crippen molar-refractivity contribution in [3.05, 3.63) is 101 Å². The van der Waals surface area contributed by atoms with E-state index in [1.165, 1.54) is 0 Å². The Labute approximate surface area is 198 Å². The molecule has 2 aromatic heterocycles. The monoisotopic (exact) mass is 459 g/mol. The molecule has 0 aliphatic carbocycles. The predicted molar refractivity (Wildman–Crippen MR) is 134 cm³/mol. The molecule has 0 fully saturated rings. The van der Waals surface area contributed by atoms with E-state index in [2.05, 4.69) is 11.9 Å². The Balaban J connectivity index is 1.82. The summed E-state index contributed by atoms with van der Waals surface area (Å²) in [6, 6.07) is 22.5. The number of ether oxygens (including phenoxy) is 1. The van der Waals surface area contributed by atoms with Crippen LogP contribution in [0.15, 0.2) is 90.0 Å². The number of halogens is 1. The zero-order valence-corrected chi connectivity index (χ0v) is 19.7. The lowest BCUT2D eigenvalue weighted by molar-refractivity contribution is 0.0612. The average molecular weight is 460 g/mol. The third-order valence-electron chi connectivity index (χ3n) is 5.45. The summed E-state index contributed by atoms with van der Waals surface area (Å²) in [5, 5.41) is 0.525. The van der Waals surface area contributed by atoms with E-state index in [4.69, 9.17) is 16.3 Å². The van der Waals surface area contributed by atoms with Gasteiger partial charge in [0.25, 0.3) is 5.56 Å². The van der Waals surface area contributed by atoms with Gasteiger partial charge >= 0.3 is 0 Å². The van der Waals surface area contributed by atoms with Gasteiger partial charge in [0.05, 0.1) is 5.69 Å². The Bertz CT molecular complexity index is 1290. The van der Waals surface area contributed by atoms with Gasteiger partial charge in [-0.05, 0) is 69.0 Å². The van der Waals surface area contributed by atoms with Gasteiger partial charge in [-0.3, -0.25) is 19.2 Å². The number of rotatable bonds is 7. The zero-order valence-electron chi connectivity index (χ0n) is 18.9. The summed E-state index contributed by atoms with van der Waals surface area (Å²) < 4.78 is 7.69. The van der Waals surface area contributed by atoms with Crippen LogP contribution < -0.4 is 10.3 Å². The van der Waals surface area contributed by atoms with Crippen LogP contribution in [0.2, 0.25) is 5.02 Å². The van der Waals surface area contributed by atoms with Gasteiger partial charge in [-0.2, -0.15) is 0 Å². The maximum Gasteiger partial charge on any atom is 0.263 e. The number of nitrogens with zero attached hydrogens (tertiary/aromatic N) is 3. The summed E-state index contributed by atoms with van der Waals surface area (Å²) in [5.74, 6) is 0.750.